The SMILES string of the molecule is CN(C)c1ccnn(Cc2nc(CCc3ccc(Cl)cc3)no2)c1=O. The summed E-state index contributed by atoms with van der Waals surface area (Å²) in [5, 5.41) is 8.74. The van der Waals surface area contributed by atoms with Crippen molar-refractivity contribution in [3.8, 4) is 0 Å². The molecule has 2 aromatic heterocycles. The van der Waals surface area contributed by atoms with E-state index in [-0.39, 0.29) is 12.1 Å². The van der Waals surface area contributed by atoms with E-state index < -0.39 is 0 Å². The van der Waals surface area contributed by atoms with Gasteiger partial charge in [-0.25, -0.2) is 4.68 Å². The van der Waals surface area contributed by atoms with E-state index in [4.69, 9.17) is 16.1 Å². The first-order valence-corrected chi connectivity index (χ1v) is 8.20. The predicted molar refractivity (Wildman–Crippen MR) is 95.1 cm³/mol. The third-order valence-corrected chi connectivity index (χ3v) is 3.97. The van der Waals surface area contributed by atoms with Crippen molar-refractivity contribution in [3.05, 3.63) is 69.2 Å². The Bertz CT molecular complexity index is 902. The van der Waals surface area contributed by atoms with Crippen molar-refractivity contribution >= 4 is 17.3 Å². The van der Waals surface area contributed by atoms with Crippen LogP contribution in [0.2, 0.25) is 5.02 Å². The van der Waals surface area contributed by atoms with Gasteiger partial charge in [-0.1, -0.05) is 28.9 Å². The number of rotatable bonds is 6. The second-order valence-electron chi connectivity index (χ2n) is 5.80. The van der Waals surface area contributed by atoms with Crippen LogP contribution in [-0.4, -0.2) is 34.0 Å². The molecule has 3 aromatic rings. The zero-order valence-electron chi connectivity index (χ0n) is 14.0. The van der Waals surface area contributed by atoms with Crippen molar-refractivity contribution in [3.63, 3.8) is 0 Å². The Morgan fingerprint density at radius 3 is 2.64 bits per heavy atom. The molecule has 0 aliphatic carbocycles. The maximum atomic E-state index is 12.3. The lowest BCUT2D eigenvalue weighted by Crippen LogP contribution is -2.29. The molecule has 0 fully saturated rings. The summed E-state index contributed by atoms with van der Waals surface area (Å²) in [6.45, 7) is 0.147. The van der Waals surface area contributed by atoms with E-state index in [1.54, 1.807) is 17.2 Å². The molecule has 0 unspecified atom stereocenters. The van der Waals surface area contributed by atoms with E-state index in [2.05, 4.69) is 15.2 Å². The van der Waals surface area contributed by atoms with Crippen molar-refractivity contribution in [2.45, 2.75) is 19.4 Å². The molecular weight excluding hydrogens is 342 g/mol. The van der Waals surface area contributed by atoms with Crippen molar-refractivity contribution in [1.29, 1.82) is 0 Å². The Morgan fingerprint density at radius 2 is 1.92 bits per heavy atom. The molecule has 130 valence electrons. The summed E-state index contributed by atoms with van der Waals surface area (Å²) in [5.41, 5.74) is 1.50. The molecule has 8 heteroatoms. The van der Waals surface area contributed by atoms with Crippen LogP contribution in [0.15, 0.2) is 45.8 Å². The minimum Gasteiger partial charge on any atom is -0.373 e. The number of aromatic nitrogens is 4. The Morgan fingerprint density at radius 1 is 1.16 bits per heavy atom. The Kier molecular flexibility index (Phi) is 5.14. The number of nitrogens with zero attached hydrogens (tertiary/aromatic N) is 5. The number of anilines is 1. The Labute approximate surface area is 149 Å². The van der Waals surface area contributed by atoms with Gasteiger partial charge < -0.3 is 9.42 Å². The quantitative estimate of drug-likeness (QED) is 0.671. The molecule has 0 aliphatic rings. The third-order valence-electron chi connectivity index (χ3n) is 3.72. The fourth-order valence-electron chi connectivity index (χ4n) is 2.38. The Hall–Kier alpha value is -2.67. The molecule has 0 radical (unpaired) electrons. The van der Waals surface area contributed by atoms with Gasteiger partial charge >= 0.3 is 0 Å². The molecule has 0 amide bonds. The molecule has 0 saturated heterocycles. The standard InChI is InChI=1S/C17H18ClN5O2/c1-22(2)14-9-10-19-23(17(14)24)11-16-20-15(21-25-16)8-5-12-3-6-13(18)7-4-12/h3-4,6-7,9-10H,5,8,11H2,1-2H3. The maximum Gasteiger partial charge on any atom is 0.290 e. The van der Waals surface area contributed by atoms with E-state index in [1.807, 2.05) is 38.4 Å². The van der Waals surface area contributed by atoms with Gasteiger partial charge in [0.1, 0.15) is 12.2 Å². The summed E-state index contributed by atoms with van der Waals surface area (Å²) in [4.78, 5) is 18.4. The van der Waals surface area contributed by atoms with Crippen LogP contribution in [0.3, 0.4) is 0 Å². The summed E-state index contributed by atoms with van der Waals surface area (Å²) in [7, 11) is 3.62. The fraction of sp³-hybridized carbons (Fsp3) is 0.294. The third kappa shape index (κ3) is 4.24. The topological polar surface area (TPSA) is 77.1 Å². The van der Waals surface area contributed by atoms with E-state index in [0.29, 0.717) is 28.8 Å². The summed E-state index contributed by atoms with van der Waals surface area (Å²) in [6, 6.07) is 9.33. The van der Waals surface area contributed by atoms with Crippen LogP contribution in [0.4, 0.5) is 5.69 Å². The molecule has 0 bridgehead atoms. The van der Waals surface area contributed by atoms with Gasteiger partial charge in [0.05, 0.1) is 0 Å². The first kappa shape index (κ1) is 17.2. The van der Waals surface area contributed by atoms with E-state index in [9.17, 15) is 4.79 Å². The van der Waals surface area contributed by atoms with Crippen LogP contribution in [-0.2, 0) is 19.4 Å². The van der Waals surface area contributed by atoms with Crippen molar-refractivity contribution in [2.75, 3.05) is 19.0 Å². The van der Waals surface area contributed by atoms with Gasteiger partial charge in [0.15, 0.2) is 5.82 Å². The smallest absolute Gasteiger partial charge is 0.290 e. The van der Waals surface area contributed by atoms with Gasteiger partial charge in [-0.3, -0.25) is 4.79 Å². The monoisotopic (exact) mass is 359 g/mol. The molecule has 3 rings (SSSR count). The lowest BCUT2D eigenvalue weighted by molar-refractivity contribution is 0.358. The first-order chi connectivity index (χ1) is 12.0. The summed E-state index contributed by atoms with van der Waals surface area (Å²) in [5.74, 6) is 0.957. The fourth-order valence-corrected chi connectivity index (χ4v) is 2.51. The normalized spacial score (nSPS) is 10.8. The van der Waals surface area contributed by atoms with Crippen molar-refractivity contribution in [1.82, 2.24) is 19.9 Å². The minimum absolute atomic E-state index is 0.147. The molecule has 0 N–H and O–H groups in total. The molecule has 1 aromatic carbocycles. The van der Waals surface area contributed by atoms with Crippen LogP contribution in [0, 0.1) is 0 Å². The molecule has 0 saturated carbocycles. The van der Waals surface area contributed by atoms with Crippen molar-refractivity contribution in [2.24, 2.45) is 0 Å². The zero-order chi connectivity index (χ0) is 17.8. The lowest BCUT2D eigenvalue weighted by Gasteiger charge is -2.12. The summed E-state index contributed by atoms with van der Waals surface area (Å²) in [6.07, 6.45) is 3.00. The molecule has 2 heterocycles. The van der Waals surface area contributed by atoms with Crippen LogP contribution in [0.5, 0.6) is 0 Å². The number of halogens is 1. The van der Waals surface area contributed by atoms with Crippen LogP contribution in [0.25, 0.3) is 0 Å². The van der Waals surface area contributed by atoms with E-state index >= 15 is 0 Å². The van der Waals surface area contributed by atoms with Crippen LogP contribution < -0.4 is 10.5 Å². The summed E-state index contributed by atoms with van der Waals surface area (Å²) < 4.78 is 6.55. The maximum absolute atomic E-state index is 12.3. The van der Waals surface area contributed by atoms with Gasteiger partial charge in [0.25, 0.3) is 5.56 Å². The van der Waals surface area contributed by atoms with E-state index in [1.165, 1.54) is 4.68 Å². The second kappa shape index (κ2) is 7.48. The highest BCUT2D eigenvalue weighted by Gasteiger charge is 2.11. The highest BCUT2D eigenvalue weighted by molar-refractivity contribution is 6.30. The largest absolute Gasteiger partial charge is 0.373 e. The highest BCUT2D eigenvalue weighted by Crippen LogP contribution is 2.11. The molecular formula is C17H18ClN5O2. The predicted octanol–water partition coefficient (Wildman–Crippen LogP) is 2.18. The van der Waals surface area contributed by atoms with Gasteiger partial charge in [0.2, 0.25) is 5.89 Å². The van der Waals surface area contributed by atoms with Crippen molar-refractivity contribution < 1.29 is 4.52 Å². The molecule has 25 heavy (non-hydrogen) atoms. The highest BCUT2D eigenvalue weighted by atomic mass is 35.5. The van der Waals surface area contributed by atoms with Crippen LogP contribution >= 0.6 is 11.6 Å². The second-order valence-corrected chi connectivity index (χ2v) is 6.24. The summed E-state index contributed by atoms with van der Waals surface area (Å²) >= 11 is 5.88. The first-order valence-electron chi connectivity index (χ1n) is 7.82. The van der Waals surface area contributed by atoms with Gasteiger partial charge in [-0.15, -0.1) is 0 Å². The number of benzene rings is 1. The van der Waals surface area contributed by atoms with E-state index in [0.717, 1.165) is 12.0 Å². The molecule has 0 spiro atoms. The van der Waals surface area contributed by atoms with Gasteiger partial charge in [0, 0.05) is 31.7 Å². The van der Waals surface area contributed by atoms with Crippen LogP contribution in [0.1, 0.15) is 17.3 Å². The average molecular weight is 360 g/mol. The number of hydrogen-bond donors (Lipinski definition) is 0. The zero-order valence-corrected chi connectivity index (χ0v) is 14.8. The van der Waals surface area contributed by atoms with Gasteiger partial charge in [-0.2, -0.15) is 10.1 Å². The molecule has 7 nitrogen and oxygen atoms in total. The number of hydrogen-bond acceptors (Lipinski definition) is 6. The Balaban J connectivity index is 1.67. The molecule has 0 atom stereocenters. The molecule has 0 aliphatic heterocycles. The lowest BCUT2D eigenvalue weighted by atomic mass is 10.1. The average Bonchev–Trinajstić information content (AvgIpc) is 3.03. The van der Waals surface area contributed by atoms with Gasteiger partial charge in [-0.05, 0) is 30.2 Å². The number of aryl methyl sites for hydroxylation is 2. The minimum atomic E-state index is -0.201.